The van der Waals surface area contributed by atoms with Crippen molar-refractivity contribution in [2.24, 2.45) is 0 Å². The maximum atomic E-state index is 13.1. The van der Waals surface area contributed by atoms with Crippen LogP contribution in [0.3, 0.4) is 0 Å². The van der Waals surface area contributed by atoms with E-state index in [-0.39, 0.29) is 5.56 Å². The Balaban J connectivity index is 1.49. The largest absolute Gasteiger partial charge is 0.494 e. The molecule has 3 aromatic rings. The number of fused-ring (bicyclic) bond motifs is 1. The first-order valence-electron chi connectivity index (χ1n) is 10.1. The number of benzene rings is 2. The molecule has 0 spiro atoms. The topological polar surface area (TPSA) is 47.4 Å². The van der Waals surface area contributed by atoms with Crippen molar-refractivity contribution in [1.82, 2.24) is 14.5 Å². The third-order valence-electron chi connectivity index (χ3n) is 5.45. The second-order valence-corrected chi connectivity index (χ2v) is 7.51. The molecule has 1 aliphatic rings. The highest BCUT2D eigenvalue weighted by Crippen LogP contribution is 2.18. The monoisotopic (exact) mass is 377 g/mol. The molecule has 0 N–H and O–H groups in total. The third kappa shape index (κ3) is 3.80. The maximum absolute atomic E-state index is 13.1. The van der Waals surface area contributed by atoms with Gasteiger partial charge >= 0.3 is 0 Å². The molecule has 146 valence electrons. The van der Waals surface area contributed by atoms with Crippen LogP contribution in [0.1, 0.15) is 30.7 Å². The van der Waals surface area contributed by atoms with Gasteiger partial charge in [0.25, 0.3) is 5.56 Å². The molecule has 0 unspecified atom stereocenters. The Morgan fingerprint density at radius 3 is 2.54 bits per heavy atom. The Morgan fingerprint density at radius 1 is 1.04 bits per heavy atom. The van der Waals surface area contributed by atoms with Crippen LogP contribution < -0.4 is 10.3 Å². The Kier molecular flexibility index (Phi) is 5.44. The third-order valence-corrected chi connectivity index (χ3v) is 5.45. The second kappa shape index (κ2) is 8.15. The zero-order valence-corrected chi connectivity index (χ0v) is 16.6. The van der Waals surface area contributed by atoms with Crippen molar-refractivity contribution in [3.05, 3.63) is 64.2 Å². The van der Waals surface area contributed by atoms with Crippen LogP contribution in [-0.2, 0) is 0 Å². The fourth-order valence-electron chi connectivity index (χ4n) is 3.99. The summed E-state index contributed by atoms with van der Waals surface area (Å²) >= 11 is 0. The van der Waals surface area contributed by atoms with Crippen molar-refractivity contribution in [2.45, 2.75) is 33.1 Å². The summed E-state index contributed by atoms with van der Waals surface area (Å²) in [5.41, 5.74) is 2.47. The van der Waals surface area contributed by atoms with Crippen molar-refractivity contribution in [3.63, 3.8) is 0 Å². The Morgan fingerprint density at radius 2 is 1.79 bits per heavy atom. The standard InChI is InChI=1S/C23H27N3O2/c1-17-7-5-8-21-22(17)23(27)26(18(2)24-21)19-9-11-20(12-10-19)28-16-6-15-25-13-3-4-14-25/h5,7-12H,3-4,6,13-16H2,1-2H3. The number of nitrogens with zero attached hydrogens (tertiary/aromatic N) is 3. The van der Waals surface area contributed by atoms with Gasteiger partial charge in [0.15, 0.2) is 0 Å². The van der Waals surface area contributed by atoms with Crippen LogP contribution in [0.4, 0.5) is 0 Å². The number of rotatable bonds is 6. The van der Waals surface area contributed by atoms with Crippen molar-refractivity contribution >= 4 is 10.9 Å². The van der Waals surface area contributed by atoms with E-state index >= 15 is 0 Å². The smallest absolute Gasteiger partial charge is 0.266 e. The van der Waals surface area contributed by atoms with Gasteiger partial charge in [-0.25, -0.2) is 4.98 Å². The molecule has 0 amide bonds. The second-order valence-electron chi connectivity index (χ2n) is 7.51. The van der Waals surface area contributed by atoms with Crippen LogP contribution in [0.25, 0.3) is 16.6 Å². The van der Waals surface area contributed by atoms with Gasteiger partial charge in [-0.1, -0.05) is 12.1 Å². The minimum absolute atomic E-state index is 0.0279. The molecule has 0 aliphatic carbocycles. The molecule has 2 heterocycles. The molecule has 0 atom stereocenters. The molecule has 1 saturated heterocycles. The zero-order valence-electron chi connectivity index (χ0n) is 16.6. The van der Waals surface area contributed by atoms with Gasteiger partial charge in [-0.05, 0) is 82.1 Å². The molecule has 5 heteroatoms. The lowest BCUT2D eigenvalue weighted by atomic mass is 10.1. The average Bonchev–Trinajstić information content (AvgIpc) is 3.19. The predicted molar refractivity (Wildman–Crippen MR) is 113 cm³/mol. The molecule has 0 saturated carbocycles. The summed E-state index contributed by atoms with van der Waals surface area (Å²) in [5, 5.41) is 0.676. The van der Waals surface area contributed by atoms with Gasteiger partial charge in [0.05, 0.1) is 23.2 Å². The van der Waals surface area contributed by atoms with E-state index in [0.717, 1.165) is 35.5 Å². The molecule has 0 radical (unpaired) electrons. The number of likely N-dealkylation sites (tertiary alicyclic amines) is 1. The summed E-state index contributed by atoms with van der Waals surface area (Å²) in [7, 11) is 0. The highest BCUT2D eigenvalue weighted by molar-refractivity contribution is 5.81. The number of aromatic nitrogens is 2. The van der Waals surface area contributed by atoms with E-state index in [1.54, 1.807) is 4.57 Å². The van der Waals surface area contributed by atoms with E-state index in [1.807, 2.05) is 56.3 Å². The van der Waals surface area contributed by atoms with Gasteiger partial charge in [-0.3, -0.25) is 9.36 Å². The molecule has 1 aromatic heterocycles. The normalized spacial score (nSPS) is 14.6. The minimum atomic E-state index is -0.0279. The summed E-state index contributed by atoms with van der Waals surface area (Å²) in [6.07, 6.45) is 3.68. The lowest BCUT2D eigenvalue weighted by Gasteiger charge is -2.15. The molecule has 1 aliphatic heterocycles. The van der Waals surface area contributed by atoms with Gasteiger partial charge in [-0.2, -0.15) is 0 Å². The number of aryl methyl sites for hydroxylation is 2. The van der Waals surface area contributed by atoms with E-state index in [0.29, 0.717) is 17.8 Å². The van der Waals surface area contributed by atoms with Crippen molar-refractivity contribution in [1.29, 1.82) is 0 Å². The van der Waals surface area contributed by atoms with E-state index in [2.05, 4.69) is 9.88 Å². The number of hydrogen-bond donors (Lipinski definition) is 0. The predicted octanol–water partition coefficient (Wildman–Crippen LogP) is 3.87. The Hall–Kier alpha value is -2.66. The zero-order chi connectivity index (χ0) is 19.5. The van der Waals surface area contributed by atoms with Gasteiger partial charge in [-0.15, -0.1) is 0 Å². The first kappa shape index (κ1) is 18.7. The molecule has 4 rings (SSSR count). The fourth-order valence-corrected chi connectivity index (χ4v) is 3.99. The average molecular weight is 377 g/mol. The van der Waals surface area contributed by atoms with E-state index in [1.165, 1.54) is 25.9 Å². The van der Waals surface area contributed by atoms with Gasteiger partial charge in [0, 0.05) is 6.54 Å². The highest BCUT2D eigenvalue weighted by Gasteiger charge is 2.12. The van der Waals surface area contributed by atoms with Crippen molar-refractivity contribution in [2.75, 3.05) is 26.2 Å². The lowest BCUT2D eigenvalue weighted by molar-refractivity contribution is 0.263. The fraction of sp³-hybridized carbons (Fsp3) is 0.391. The summed E-state index contributed by atoms with van der Waals surface area (Å²) in [6.45, 7) is 8.08. The molecule has 2 aromatic carbocycles. The molecule has 1 fully saturated rings. The summed E-state index contributed by atoms with van der Waals surface area (Å²) in [4.78, 5) is 20.2. The van der Waals surface area contributed by atoms with Gasteiger partial charge in [0.2, 0.25) is 0 Å². The molecule has 28 heavy (non-hydrogen) atoms. The lowest BCUT2D eigenvalue weighted by Crippen LogP contribution is -2.23. The van der Waals surface area contributed by atoms with Crippen LogP contribution in [0, 0.1) is 13.8 Å². The Labute approximate surface area is 165 Å². The molecular formula is C23H27N3O2. The minimum Gasteiger partial charge on any atom is -0.494 e. The SMILES string of the molecule is Cc1cccc2nc(C)n(-c3ccc(OCCCN4CCCC4)cc3)c(=O)c12. The van der Waals surface area contributed by atoms with Crippen molar-refractivity contribution in [3.8, 4) is 11.4 Å². The number of hydrogen-bond acceptors (Lipinski definition) is 4. The number of ether oxygens (including phenoxy) is 1. The summed E-state index contributed by atoms with van der Waals surface area (Å²) < 4.78 is 7.55. The summed E-state index contributed by atoms with van der Waals surface area (Å²) in [6, 6.07) is 13.5. The Bertz CT molecular complexity index is 1020. The maximum Gasteiger partial charge on any atom is 0.266 e. The van der Waals surface area contributed by atoms with E-state index in [4.69, 9.17) is 4.74 Å². The van der Waals surface area contributed by atoms with Crippen LogP contribution in [-0.4, -0.2) is 40.7 Å². The van der Waals surface area contributed by atoms with Gasteiger partial charge < -0.3 is 9.64 Å². The first-order valence-corrected chi connectivity index (χ1v) is 10.1. The molecular weight excluding hydrogens is 350 g/mol. The van der Waals surface area contributed by atoms with Crippen LogP contribution in [0.2, 0.25) is 0 Å². The summed E-state index contributed by atoms with van der Waals surface area (Å²) in [5.74, 6) is 1.52. The quantitative estimate of drug-likeness (QED) is 0.612. The van der Waals surface area contributed by atoms with Crippen LogP contribution in [0.5, 0.6) is 5.75 Å². The first-order chi connectivity index (χ1) is 13.6. The van der Waals surface area contributed by atoms with Crippen LogP contribution in [0.15, 0.2) is 47.3 Å². The molecule has 5 nitrogen and oxygen atoms in total. The highest BCUT2D eigenvalue weighted by atomic mass is 16.5. The molecule has 0 bridgehead atoms. The van der Waals surface area contributed by atoms with E-state index < -0.39 is 0 Å². The van der Waals surface area contributed by atoms with Crippen LogP contribution >= 0.6 is 0 Å². The van der Waals surface area contributed by atoms with Gasteiger partial charge in [0.1, 0.15) is 11.6 Å². The van der Waals surface area contributed by atoms with Crippen molar-refractivity contribution < 1.29 is 4.74 Å². The van der Waals surface area contributed by atoms with E-state index in [9.17, 15) is 4.79 Å².